The van der Waals surface area contributed by atoms with E-state index in [1.807, 2.05) is 41.7 Å². The van der Waals surface area contributed by atoms with Crippen LogP contribution in [0, 0.1) is 19.3 Å². The van der Waals surface area contributed by atoms with E-state index in [4.69, 9.17) is 0 Å². The van der Waals surface area contributed by atoms with Gasteiger partial charge in [0.05, 0.1) is 5.69 Å². The highest BCUT2D eigenvalue weighted by atomic mass is 19.4. The first-order chi connectivity index (χ1) is 10.3. The zero-order valence-electron chi connectivity index (χ0n) is 14.7. The van der Waals surface area contributed by atoms with Crippen molar-refractivity contribution in [1.82, 2.24) is 14.7 Å². The summed E-state index contributed by atoms with van der Waals surface area (Å²) in [7, 11) is 1.81. The molecule has 0 atom stereocenters. The van der Waals surface area contributed by atoms with Crippen molar-refractivity contribution in [3.8, 4) is 0 Å². The van der Waals surface area contributed by atoms with E-state index >= 15 is 0 Å². The van der Waals surface area contributed by atoms with Gasteiger partial charge in [0.15, 0.2) is 0 Å². The average molecular weight is 333 g/mol. The molecule has 0 spiro atoms. The summed E-state index contributed by atoms with van der Waals surface area (Å²) in [5.74, 6) is -0.472. The molecule has 1 rings (SSSR count). The third kappa shape index (κ3) is 6.23. The fourth-order valence-corrected chi connectivity index (χ4v) is 2.59. The maximum absolute atomic E-state index is 12.7. The molecule has 0 saturated carbocycles. The SMILES string of the molecule is Cc1nn(C)c(C)c1CCC(=O)N(CC(C)(C)C)CC(F)(F)F. The number of amides is 1. The fourth-order valence-electron chi connectivity index (χ4n) is 2.59. The van der Waals surface area contributed by atoms with Crippen LogP contribution in [0.25, 0.3) is 0 Å². The number of halogens is 3. The third-order valence-corrected chi connectivity index (χ3v) is 3.64. The molecule has 0 aromatic carbocycles. The minimum absolute atomic E-state index is 0.0551. The van der Waals surface area contributed by atoms with Crippen LogP contribution < -0.4 is 0 Å². The molecule has 1 aromatic heterocycles. The van der Waals surface area contributed by atoms with Gasteiger partial charge in [0.2, 0.25) is 5.91 Å². The second-order valence-corrected chi connectivity index (χ2v) is 7.20. The van der Waals surface area contributed by atoms with Crippen molar-refractivity contribution in [2.75, 3.05) is 13.1 Å². The summed E-state index contributed by atoms with van der Waals surface area (Å²) in [5, 5.41) is 4.26. The molecule has 0 unspecified atom stereocenters. The molecular formula is C16H26F3N3O. The Morgan fingerprint density at radius 3 is 2.13 bits per heavy atom. The van der Waals surface area contributed by atoms with Crippen molar-refractivity contribution < 1.29 is 18.0 Å². The summed E-state index contributed by atoms with van der Waals surface area (Å²) in [6, 6.07) is 0. The first kappa shape index (κ1) is 19.5. The second-order valence-electron chi connectivity index (χ2n) is 7.20. The molecule has 132 valence electrons. The van der Waals surface area contributed by atoms with Gasteiger partial charge < -0.3 is 4.90 Å². The summed E-state index contributed by atoms with van der Waals surface area (Å²) >= 11 is 0. The van der Waals surface area contributed by atoms with Crippen molar-refractivity contribution in [2.24, 2.45) is 12.5 Å². The molecule has 0 fully saturated rings. The van der Waals surface area contributed by atoms with E-state index in [2.05, 4.69) is 5.10 Å². The molecule has 0 saturated heterocycles. The Morgan fingerprint density at radius 2 is 1.74 bits per heavy atom. The van der Waals surface area contributed by atoms with E-state index in [0.717, 1.165) is 21.9 Å². The van der Waals surface area contributed by atoms with Crippen molar-refractivity contribution in [3.05, 3.63) is 17.0 Å². The highest BCUT2D eigenvalue weighted by molar-refractivity contribution is 5.76. The van der Waals surface area contributed by atoms with Gasteiger partial charge in [0.25, 0.3) is 0 Å². The van der Waals surface area contributed by atoms with Crippen LogP contribution in [-0.4, -0.2) is 39.9 Å². The van der Waals surface area contributed by atoms with E-state index in [0.29, 0.717) is 6.42 Å². The minimum Gasteiger partial charge on any atom is -0.333 e. The topological polar surface area (TPSA) is 38.1 Å². The van der Waals surface area contributed by atoms with Crippen molar-refractivity contribution in [2.45, 2.75) is 53.6 Å². The molecule has 4 nitrogen and oxygen atoms in total. The summed E-state index contributed by atoms with van der Waals surface area (Å²) in [6.45, 7) is 8.07. The van der Waals surface area contributed by atoms with Crippen LogP contribution in [0.15, 0.2) is 0 Å². The van der Waals surface area contributed by atoms with Gasteiger partial charge in [-0.25, -0.2) is 0 Å². The molecule has 0 aliphatic heterocycles. The Kier molecular flexibility index (Phi) is 5.88. The van der Waals surface area contributed by atoms with Crippen LogP contribution in [0.4, 0.5) is 13.2 Å². The average Bonchev–Trinajstić information content (AvgIpc) is 2.56. The summed E-state index contributed by atoms with van der Waals surface area (Å²) < 4.78 is 39.9. The quantitative estimate of drug-likeness (QED) is 0.828. The van der Waals surface area contributed by atoms with E-state index < -0.39 is 18.6 Å². The number of aromatic nitrogens is 2. The van der Waals surface area contributed by atoms with Crippen LogP contribution in [0.1, 0.15) is 44.1 Å². The molecule has 0 aliphatic carbocycles. The first-order valence-corrected chi connectivity index (χ1v) is 7.64. The Labute approximate surface area is 135 Å². The highest BCUT2D eigenvalue weighted by Crippen LogP contribution is 2.23. The normalized spacial score (nSPS) is 12.6. The molecule has 1 amide bonds. The number of hydrogen-bond acceptors (Lipinski definition) is 2. The molecule has 0 bridgehead atoms. The van der Waals surface area contributed by atoms with Crippen molar-refractivity contribution >= 4 is 5.91 Å². The molecule has 1 aromatic rings. The predicted molar refractivity (Wildman–Crippen MR) is 83.1 cm³/mol. The van der Waals surface area contributed by atoms with Gasteiger partial charge in [-0.15, -0.1) is 0 Å². The van der Waals surface area contributed by atoms with Gasteiger partial charge in [0, 0.05) is 25.7 Å². The van der Waals surface area contributed by atoms with Crippen LogP contribution in [0.5, 0.6) is 0 Å². The zero-order valence-corrected chi connectivity index (χ0v) is 14.7. The van der Waals surface area contributed by atoms with E-state index in [9.17, 15) is 18.0 Å². The number of nitrogens with zero attached hydrogens (tertiary/aromatic N) is 3. The van der Waals surface area contributed by atoms with E-state index in [-0.39, 0.29) is 18.4 Å². The lowest BCUT2D eigenvalue weighted by Gasteiger charge is -2.30. The summed E-state index contributed by atoms with van der Waals surface area (Å²) in [5.41, 5.74) is 2.30. The molecule has 0 N–H and O–H groups in total. The molecule has 7 heteroatoms. The second kappa shape index (κ2) is 6.93. The van der Waals surface area contributed by atoms with Crippen LogP contribution in [0.3, 0.4) is 0 Å². The Hall–Kier alpha value is -1.53. The Bertz CT molecular complexity index is 540. The Balaban J connectivity index is 2.80. The van der Waals surface area contributed by atoms with E-state index in [1.54, 1.807) is 4.68 Å². The van der Waals surface area contributed by atoms with Gasteiger partial charge in [-0.1, -0.05) is 20.8 Å². The maximum Gasteiger partial charge on any atom is 0.406 e. The number of hydrogen-bond donors (Lipinski definition) is 0. The lowest BCUT2D eigenvalue weighted by molar-refractivity contribution is -0.163. The summed E-state index contributed by atoms with van der Waals surface area (Å²) in [4.78, 5) is 13.2. The van der Waals surface area contributed by atoms with Crippen molar-refractivity contribution in [3.63, 3.8) is 0 Å². The van der Waals surface area contributed by atoms with Gasteiger partial charge in [-0.05, 0) is 31.2 Å². The van der Waals surface area contributed by atoms with Crippen molar-refractivity contribution in [1.29, 1.82) is 0 Å². The molecular weight excluding hydrogens is 307 g/mol. The monoisotopic (exact) mass is 333 g/mol. The predicted octanol–water partition coefficient (Wildman–Crippen LogP) is 3.41. The standard InChI is InChI=1S/C16H26F3N3O/c1-11-13(12(2)21(6)20-11)7-8-14(23)22(9-15(3,4)5)10-16(17,18)19/h7-10H2,1-6H3. The van der Waals surface area contributed by atoms with Crippen LogP contribution in [0.2, 0.25) is 0 Å². The zero-order chi connectivity index (χ0) is 18.0. The maximum atomic E-state index is 12.7. The number of aryl methyl sites for hydroxylation is 2. The highest BCUT2D eigenvalue weighted by Gasteiger charge is 2.34. The third-order valence-electron chi connectivity index (χ3n) is 3.64. The van der Waals surface area contributed by atoms with Gasteiger partial charge in [-0.2, -0.15) is 18.3 Å². The van der Waals surface area contributed by atoms with Gasteiger partial charge >= 0.3 is 6.18 Å². The largest absolute Gasteiger partial charge is 0.406 e. The van der Waals surface area contributed by atoms with Gasteiger partial charge in [0.1, 0.15) is 6.54 Å². The van der Waals surface area contributed by atoms with E-state index in [1.165, 1.54) is 0 Å². The fraction of sp³-hybridized carbons (Fsp3) is 0.750. The van der Waals surface area contributed by atoms with Crippen LogP contribution >= 0.6 is 0 Å². The minimum atomic E-state index is -4.39. The lowest BCUT2D eigenvalue weighted by Crippen LogP contribution is -2.43. The lowest BCUT2D eigenvalue weighted by atomic mass is 9.95. The van der Waals surface area contributed by atoms with Gasteiger partial charge in [-0.3, -0.25) is 9.48 Å². The number of rotatable bonds is 5. The molecule has 0 aliphatic rings. The number of alkyl halides is 3. The first-order valence-electron chi connectivity index (χ1n) is 7.64. The number of carbonyl (C=O) groups is 1. The van der Waals surface area contributed by atoms with Crippen LogP contribution in [-0.2, 0) is 18.3 Å². The summed E-state index contributed by atoms with van der Waals surface area (Å²) in [6.07, 6.45) is -3.93. The molecule has 23 heavy (non-hydrogen) atoms. The molecule has 0 radical (unpaired) electrons. The molecule has 1 heterocycles. The smallest absolute Gasteiger partial charge is 0.333 e. The Morgan fingerprint density at radius 1 is 1.17 bits per heavy atom. The number of carbonyl (C=O) groups excluding carboxylic acids is 1.